The number of nitrogens with zero attached hydrogens (tertiary/aromatic N) is 3. The normalized spacial score (nSPS) is 16.8. The van der Waals surface area contributed by atoms with Crippen molar-refractivity contribution in [2.45, 2.75) is 18.8 Å². The molecular weight excluding hydrogens is 322 g/mol. The van der Waals surface area contributed by atoms with E-state index >= 15 is 0 Å². The number of fused-ring (bicyclic) bond motifs is 2. The standard InChI is InChI=1S/C17H17N5O3/c23-8-6-10-5-7-22(12-4-2-1-3-11(10)12)17(25)14-13-15(21-20-14)18-9-19-16(13)24/h1-4,9-10,23H,5-8H2,(H2,18,19,20,21,24). The SMILES string of the molecule is O=C(c1[nH]nc2nc[nH]c(=O)c12)N1CCC(CCO)c2ccccc21. The van der Waals surface area contributed by atoms with Gasteiger partial charge in [0.15, 0.2) is 5.65 Å². The summed E-state index contributed by atoms with van der Waals surface area (Å²) < 4.78 is 0. The van der Waals surface area contributed by atoms with E-state index in [1.807, 2.05) is 24.3 Å². The van der Waals surface area contributed by atoms with E-state index in [0.29, 0.717) is 13.0 Å². The Morgan fingerprint density at radius 3 is 3.04 bits per heavy atom. The van der Waals surface area contributed by atoms with Crippen LogP contribution in [-0.2, 0) is 0 Å². The largest absolute Gasteiger partial charge is 0.396 e. The Kier molecular flexibility index (Phi) is 3.81. The van der Waals surface area contributed by atoms with Crippen molar-refractivity contribution in [1.29, 1.82) is 0 Å². The fraction of sp³-hybridized carbons (Fsp3) is 0.294. The monoisotopic (exact) mass is 339 g/mol. The number of H-pyrrole nitrogens is 2. The maximum Gasteiger partial charge on any atom is 0.277 e. The highest BCUT2D eigenvalue weighted by atomic mass is 16.3. The quantitative estimate of drug-likeness (QED) is 0.662. The van der Waals surface area contributed by atoms with Crippen LogP contribution in [0.2, 0.25) is 0 Å². The molecule has 1 aromatic carbocycles. The number of anilines is 1. The topological polar surface area (TPSA) is 115 Å². The van der Waals surface area contributed by atoms with Crippen LogP contribution in [0.5, 0.6) is 0 Å². The van der Waals surface area contributed by atoms with E-state index in [0.717, 1.165) is 17.7 Å². The maximum absolute atomic E-state index is 13.1. The van der Waals surface area contributed by atoms with E-state index in [4.69, 9.17) is 0 Å². The van der Waals surface area contributed by atoms with Gasteiger partial charge in [-0.05, 0) is 30.4 Å². The van der Waals surface area contributed by atoms with E-state index < -0.39 is 5.56 Å². The Morgan fingerprint density at radius 1 is 1.36 bits per heavy atom. The van der Waals surface area contributed by atoms with Crippen LogP contribution in [0.1, 0.15) is 34.8 Å². The molecule has 4 rings (SSSR count). The lowest BCUT2D eigenvalue weighted by Crippen LogP contribution is -2.37. The van der Waals surface area contributed by atoms with Gasteiger partial charge in [-0.1, -0.05) is 18.2 Å². The average Bonchev–Trinajstić information content (AvgIpc) is 3.07. The molecule has 3 aromatic rings. The van der Waals surface area contributed by atoms with Gasteiger partial charge in [0.2, 0.25) is 0 Å². The van der Waals surface area contributed by atoms with Crippen LogP contribution >= 0.6 is 0 Å². The van der Waals surface area contributed by atoms with Crippen LogP contribution < -0.4 is 10.5 Å². The molecule has 1 aliphatic rings. The van der Waals surface area contributed by atoms with E-state index in [2.05, 4.69) is 20.2 Å². The fourth-order valence-electron chi connectivity index (χ4n) is 3.46. The number of para-hydroxylation sites is 1. The molecular formula is C17H17N5O3. The number of hydrogen-bond donors (Lipinski definition) is 3. The molecule has 0 saturated carbocycles. The molecule has 128 valence electrons. The molecule has 3 heterocycles. The van der Waals surface area contributed by atoms with Gasteiger partial charge in [-0.2, -0.15) is 5.10 Å². The van der Waals surface area contributed by atoms with Crippen LogP contribution in [0.25, 0.3) is 11.0 Å². The summed E-state index contributed by atoms with van der Waals surface area (Å²) in [5, 5.41) is 16.1. The smallest absolute Gasteiger partial charge is 0.277 e. The molecule has 1 unspecified atom stereocenters. The molecule has 25 heavy (non-hydrogen) atoms. The zero-order valence-electron chi connectivity index (χ0n) is 13.4. The third kappa shape index (κ3) is 2.51. The first-order valence-electron chi connectivity index (χ1n) is 8.14. The highest BCUT2D eigenvalue weighted by Gasteiger charge is 2.31. The summed E-state index contributed by atoms with van der Waals surface area (Å²) in [5.74, 6) is -0.0928. The van der Waals surface area contributed by atoms with Crippen LogP contribution in [0.4, 0.5) is 5.69 Å². The molecule has 0 spiro atoms. The van der Waals surface area contributed by atoms with Crippen molar-refractivity contribution in [2.75, 3.05) is 18.1 Å². The predicted octanol–water partition coefficient (Wildman–Crippen LogP) is 1.16. The third-order valence-electron chi connectivity index (χ3n) is 4.66. The number of nitrogens with one attached hydrogen (secondary N) is 2. The fourth-order valence-corrected chi connectivity index (χ4v) is 3.46. The van der Waals surface area contributed by atoms with Gasteiger partial charge in [-0.3, -0.25) is 14.7 Å². The number of aliphatic hydroxyl groups is 1. The highest BCUT2D eigenvalue weighted by molar-refractivity contribution is 6.12. The number of rotatable bonds is 3. The lowest BCUT2D eigenvalue weighted by atomic mass is 9.87. The highest BCUT2D eigenvalue weighted by Crippen LogP contribution is 2.37. The minimum atomic E-state index is -0.398. The summed E-state index contributed by atoms with van der Waals surface area (Å²) >= 11 is 0. The molecule has 1 atom stereocenters. The number of aromatic nitrogens is 4. The second-order valence-electron chi connectivity index (χ2n) is 6.04. The number of amides is 1. The molecule has 1 amide bonds. The molecule has 2 aromatic heterocycles. The van der Waals surface area contributed by atoms with Crippen LogP contribution in [-0.4, -0.2) is 44.3 Å². The third-order valence-corrected chi connectivity index (χ3v) is 4.66. The van der Waals surface area contributed by atoms with E-state index in [-0.39, 0.29) is 35.2 Å². The number of aromatic amines is 2. The second kappa shape index (κ2) is 6.14. The molecule has 0 aliphatic carbocycles. The van der Waals surface area contributed by atoms with Crippen molar-refractivity contribution in [1.82, 2.24) is 20.2 Å². The van der Waals surface area contributed by atoms with E-state index in [1.54, 1.807) is 4.90 Å². The van der Waals surface area contributed by atoms with Crippen LogP contribution in [0.3, 0.4) is 0 Å². The van der Waals surface area contributed by atoms with Gasteiger partial charge >= 0.3 is 0 Å². The Labute approximate surface area is 142 Å². The molecule has 8 heteroatoms. The van der Waals surface area contributed by atoms with Gasteiger partial charge in [0.05, 0.1) is 6.33 Å². The first kappa shape index (κ1) is 15.5. The molecule has 8 nitrogen and oxygen atoms in total. The van der Waals surface area contributed by atoms with Crippen molar-refractivity contribution in [3.63, 3.8) is 0 Å². The zero-order chi connectivity index (χ0) is 17.4. The maximum atomic E-state index is 13.1. The predicted molar refractivity (Wildman–Crippen MR) is 91.7 cm³/mol. The summed E-state index contributed by atoms with van der Waals surface area (Å²) in [4.78, 5) is 33.3. The second-order valence-corrected chi connectivity index (χ2v) is 6.04. The Bertz CT molecular complexity index is 993. The summed E-state index contributed by atoms with van der Waals surface area (Å²) in [6.45, 7) is 0.623. The van der Waals surface area contributed by atoms with E-state index in [9.17, 15) is 14.7 Å². The number of carbonyl (C=O) groups is 1. The number of hydrogen-bond acceptors (Lipinski definition) is 5. The van der Waals surface area contributed by atoms with Crippen LogP contribution in [0.15, 0.2) is 35.4 Å². The van der Waals surface area contributed by atoms with Gasteiger partial charge in [-0.15, -0.1) is 0 Å². The zero-order valence-corrected chi connectivity index (χ0v) is 13.4. The molecule has 0 fully saturated rings. The number of carbonyl (C=O) groups excluding carboxylic acids is 1. The Morgan fingerprint density at radius 2 is 2.20 bits per heavy atom. The van der Waals surface area contributed by atoms with Gasteiger partial charge in [0.25, 0.3) is 11.5 Å². The van der Waals surface area contributed by atoms with Gasteiger partial charge in [0.1, 0.15) is 11.1 Å². The molecule has 1 aliphatic heterocycles. The number of aliphatic hydroxyl groups excluding tert-OH is 1. The summed E-state index contributed by atoms with van der Waals surface area (Å²) in [6.07, 6.45) is 2.68. The lowest BCUT2D eigenvalue weighted by Gasteiger charge is -2.34. The summed E-state index contributed by atoms with van der Waals surface area (Å²) in [7, 11) is 0. The average molecular weight is 339 g/mol. The Balaban J connectivity index is 1.78. The van der Waals surface area contributed by atoms with Crippen molar-refractivity contribution in [2.24, 2.45) is 0 Å². The minimum Gasteiger partial charge on any atom is -0.396 e. The minimum absolute atomic E-state index is 0.110. The molecule has 0 bridgehead atoms. The molecule has 0 saturated heterocycles. The molecule has 3 N–H and O–H groups in total. The lowest BCUT2D eigenvalue weighted by molar-refractivity contribution is 0.0980. The van der Waals surface area contributed by atoms with Crippen molar-refractivity contribution >= 4 is 22.6 Å². The van der Waals surface area contributed by atoms with Gasteiger partial charge < -0.3 is 15.0 Å². The van der Waals surface area contributed by atoms with Crippen molar-refractivity contribution < 1.29 is 9.90 Å². The molecule has 0 radical (unpaired) electrons. The van der Waals surface area contributed by atoms with Crippen molar-refractivity contribution in [3.05, 3.63) is 52.2 Å². The van der Waals surface area contributed by atoms with Crippen molar-refractivity contribution in [3.8, 4) is 0 Å². The number of benzene rings is 1. The Hall–Kier alpha value is -3.00. The summed E-state index contributed by atoms with van der Waals surface area (Å²) in [5.41, 5.74) is 1.80. The first-order chi connectivity index (χ1) is 12.2. The van der Waals surface area contributed by atoms with Gasteiger partial charge in [-0.25, -0.2) is 4.98 Å². The van der Waals surface area contributed by atoms with E-state index in [1.165, 1.54) is 6.33 Å². The van der Waals surface area contributed by atoms with Gasteiger partial charge in [0, 0.05) is 18.8 Å². The van der Waals surface area contributed by atoms with Crippen LogP contribution in [0, 0.1) is 0 Å². The summed E-state index contributed by atoms with van der Waals surface area (Å²) in [6, 6.07) is 7.67. The first-order valence-corrected chi connectivity index (χ1v) is 8.14.